The second-order valence-electron chi connectivity index (χ2n) is 13.6. The molecule has 52 heavy (non-hydrogen) atoms. The highest BCUT2D eigenvalue weighted by Crippen LogP contribution is 2.38. The van der Waals surface area contributed by atoms with Crippen LogP contribution < -0.4 is 0 Å². The molecular formula is C48H34N2O2. The number of furan rings is 2. The van der Waals surface area contributed by atoms with Crippen molar-refractivity contribution in [3.8, 4) is 22.3 Å². The summed E-state index contributed by atoms with van der Waals surface area (Å²) >= 11 is 0. The first-order valence-corrected chi connectivity index (χ1v) is 18.0. The summed E-state index contributed by atoms with van der Waals surface area (Å²) in [6.07, 6.45) is 0.905. The van der Waals surface area contributed by atoms with Crippen LogP contribution in [0.15, 0.2) is 183 Å². The van der Waals surface area contributed by atoms with Gasteiger partial charge in [0.05, 0.1) is 11.8 Å². The average Bonchev–Trinajstić information content (AvgIpc) is 3.78. The van der Waals surface area contributed by atoms with Crippen LogP contribution in [0.3, 0.4) is 0 Å². The molecule has 0 N–H and O–H groups in total. The quantitative estimate of drug-likeness (QED) is 0.177. The van der Waals surface area contributed by atoms with Crippen LogP contribution in [0.2, 0.25) is 0 Å². The van der Waals surface area contributed by atoms with Crippen LogP contribution in [0.4, 0.5) is 0 Å². The zero-order valence-corrected chi connectivity index (χ0v) is 28.7. The molecular weight excluding hydrogens is 637 g/mol. The van der Waals surface area contributed by atoms with E-state index >= 15 is 0 Å². The SMILES string of the molecule is CCC1C(c2cccc(-c3cccc(-c4ccc5c(c4)oc4ccccc45)c3)c2)=NC(c2ccc3c(c2)oc2ccccc23)=NC1c1ccccc1. The first kappa shape index (κ1) is 30.3. The van der Waals surface area contributed by atoms with E-state index in [1.54, 1.807) is 0 Å². The molecule has 0 amide bonds. The van der Waals surface area contributed by atoms with E-state index in [9.17, 15) is 0 Å². The molecule has 2 aromatic heterocycles. The molecule has 3 heterocycles. The molecule has 0 saturated carbocycles. The monoisotopic (exact) mass is 670 g/mol. The van der Waals surface area contributed by atoms with E-state index in [1.165, 1.54) is 5.56 Å². The second kappa shape index (κ2) is 12.4. The van der Waals surface area contributed by atoms with Crippen molar-refractivity contribution in [2.24, 2.45) is 15.9 Å². The summed E-state index contributed by atoms with van der Waals surface area (Å²) in [6, 6.07) is 57.4. The van der Waals surface area contributed by atoms with Crippen molar-refractivity contribution in [1.82, 2.24) is 0 Å². The lowest BCUT2D eigenvalue weighted by molar-refractivity contribution is 0.532. The molecule has 10 rings (SSSR count). The minimum atomic E-state index is -0.0692. The molecule has 0 saturated heterocycles. The van der Waals surface area contributed by atoms with E-state index in [-0.39, 0.29) is 12.0 Å². The van der Waals surface area contributed by atoms with Crippen LogP contribution in [0, 0.1) is 5.92 Å². The van der Waals surface area contributed by atoms with Gasteiger partial charge in [0.25, 0.3) is 0 Å². The van der Waals surface area contributed by atoms with Gasteiger partial charge in [0.2, 0.25) is 0 Å². The lowest BCUT2D eigenvalue weighted by Crippen LogP contribution is -2.28. The van der Waals surface area contributed by atoms with Crippen LogP contribution in [0.1, 0.15) is 36.1 Å². The lowest BCUT2D eigenvalue weighted by atomic mass is 9.82. The van der Waals surface area contributed by atoms with Gasteiger partial charge in [-0.3, -0.25) is 4.99 Å². The van der Waals surface area contributed by atoms with Crippen molar-refractivity contribution < 1.29 is 8.83 Å². The van der Waals surface area contributed by atoms with Gasteiger partial charge in [-0.2, -0.15) is 0 Å². The normalized spacial score (nSPS) is 16.1. The van der Waals surface area contributed by atoms with Crippen molar-refractivity contribution in [1.29, 1.82) is 0 Å². The Labute approximate surface area is 301 Å². The number of benzene rings is 7. The maximum Gasteiger partial charge on any atom is 0.155 e. The van der Waals surface area contributed by atoms with E-state index in [0.29, 0.717) is 0 Å². The molecule has 1 aliphatic rings. The molecule has 0 bridgehead atoms. The summed E-state index contributed by atoms with van der Waals surface area (Å²) in [7, 11) is 0. The fourth-order valence-corrected chi connectivity index (χ4v) is 7.90. The van der Waals surface area contributed by atoms with Crippen molar-refractivity contribution in [2.75, 3.05) is 0 Å². The van der Waals surface area contributed by atoms with Crippen LogP contribution >= 0.6 is 0 Å². The molecule has 0 aliphatic carbocycles. The lowest BCUT2D eigenvalue weighted by Gasteiger charge is -2.30. The molecule has 4 heteroatoms. The Bertz CT molecular complexity index is 2860. The topological polar surface area (TPSA) is 51.0 Å². The van der Waals surface area contributed by atoms with Crippen LogP contribution in [0.5, 0.6) is 0 Å². The van der Waals surface area contributed by atoms with Gasteiger partial charge in [-0.1, -0.05) is 122 Å². The maximum atomic E-state index is 6.28. The van der Waals surface area contributed by atoms with Crippen molar-refractivity contribution in [3.63, 3.8) is 0 Å². The maximum absolute atomic E-state index is 6.28. The van der Waals surface area contributed by atoms with E-state index in [1.807, 2.05) is 30.3 Å². The molecule has 0 radical (unpaired) electrons. The van der Waals surface area contributed by atoms with Gasteiger partial charge in [-0.25, -0.2) is 4.99 Å². The first-order chi connectivity index (χ1) is 25.7. The number of amidine groups is 1. The van der Waals surface area contributed by atoms with E-state index in [0.717, 1.165) is 95.2 Å². The smallest absolute Gasteiger partial charge is 0.155 e. The summed E-state index contributed by atoms with van der Waals surface area (Å²) in [5.74, 6) is 0.836. The highest BCUT2D eigenvalue weighted by atomic mass is 16.3. The third-order valence-electron chi connectivity index (χ3n) is 10.5. The Morgan fingerprint density at radius 2 is 0.942 bits per heavy atom. The molecule has 1 aliphatic heterocycles. The largest absolute Gasteiger partial charge is 0.456 e. The highest BCUT2D eigenvalue weighted by molar-refractivity contribution is 6.17. The summed E-state index contributed by atoms with van der Waals surface area (Å²) in [5, 5.41) is 4.49. The minimum Gasteiger partial charge on any atom is -0.456 e. The third-order valence-corrected chi connectivity index (χ3v) is 10.5. The van der Waals surface area contributed by atoms with Crippen molar-refractivity contribution in [3.05, 3.63) is 180 Å². The Morgan fingerprint density at radius 1 is 0.442 bits per heavy atom. The van der Waals surface area contributed by atoms with E-state index in [4.69, 9.17) is 18.8 Å². The number of nitrogens with zero attached hydrogens (tertiary/aromatic N) is 2. The average molecular weight is 671 g/mol. The number of hydrogen-bond acceptors (Lipinski definition) is 4. The molecule has 7 aromatic carbocycles. The molecule has 2 unspecified atom stereocenters. The van der Waals surface area contributed by atoms with Crippen LogP contribution in [0.25, 0.3) is 66.1 Å². The number of rotatable bonds is 6. The van der Waals surface area contributed by atoms with Gasteiger partial charge >= 0.3 is 0 Å². The number of aliphatic imine (C=N–C) groups is 2. The molecule has 9 aromatic rings. The predicted molar refractivity (Wildman–Crippen MR) is 214 cm³/mol. The van der Waals surface area contributed by atoms with E-state index < -0.39 is 0 Å². The molecule has 0 spiro atoms. The summed E-state index contributed by atoms with van der Waals surface area (Å²) in [4.78, 5) is 10.7. The van der Waals surface area contributed by atoms with Gasteiger partial charge in [0, 0.05) is 33.0 Å². The fourth-order valence-electron chi connectivity index (χ4n) is 7.90. The Kier molecular flexibility index (Phi) is 7.21. The minimum absolute atomic E-state index is 0.0692. The first-order valence-electron chi connectivity index (χ1n) is 18.0. The zero-order chi connectivity index (χ0) is 34.6. The zero-order valence-electron chi connectivity index (χ0n) is 28.7. The molecule has 2 atom stereocenters. The Balaban J connectivity index is 1.05. The summed E-state index contributed by atoms with van der Waals surface area (Å²) in [5.41, 5.74) is 12.4. The predicted octanol–water partition coefficient (Wildman–Crippen LogP) is 12.8. The van der Waals surface area contributed by atoms with Crippen molar-refractivity contribution >= 4 is 55.4 Å². The number of fused-ring (bicyclic) bond motifs is 6. The van der Waals surface area contributed by atoms with Crippen LogP contribution in [-0.4, -0.2) is 11.5 Å². The van der Waals surface area contributed by atoms with Gasteiger partial charge < -0.3 is 8.83 Å². The standard InChI is InChI=1S/C48H34N2O2/c1-2-37-46(30-12-4-3-5-13-30)49-48(36-23-25-41-39-19-7-9-21-43(39)52-45(41)29-36)50-47(37)35-17-11-16-33(27-35)31-14-10-15-32(26-31)34-22-24-40-38-18-6-8-20-42(38)51-44(40)28-34/h3-29,37,46H,2H2,1H3. The third kappa shape index (κ3) is 5.15. The highest BCUT2D eigenvalue weighted by Gasteiger charge is 2.32. The second-order valence-corrected chi connectivity index (χ2v) is 13.6. The molecule has 248 valence electrons. The number of para-hydroxylation sites is 2. The van der Waals surface area contributed by atoms with E-state index in [2.05, 4.69) is 140 Å². The molecule has 0 fully saturated rings. The van der Waals surface area contributed by atoms with Crippen LogP contribution in [-0.2, 0) is 0 Å². The number of hydrogen-bond donors (Lipinski definition) is 0. The van der Waals surface area contributed by atoms with Gasteiger partial charge in [0.1, 0.15) is 22.3 Å². The fraction of sp³-hybridized carbons (Fsp3) is 0.0833. The summed E-state index contributed by atoms with van der Waals surface area (Å²) < 4.78 is 12.5. The Morgan fingerprint density at radius 3 is 1.58 bits per heavy atom. The molecule has 4 nitrogen and oxygen atoms in total. The van der Waals surface area contributed by atoms with Gasteiger partial charge in [-0.05, 0) is 88.3 Å². The van der Waals surface area contributed by atoms with Gasteiger partial charge in [-0.15, -0.1) is 0 Å². The van der Waals surface area contributed by atoms with Crippen molar-refractivity contribution in [2.45, 2.75) is 19.4 Å². The Hall–Kier alpha value is -6.52. The van der Waals surface area contributed by atoms with Gasteiger partial charge in [0.15, 0.2) is 5.84 Å². The summed E-state index contributed by atoms with van der Waals surface area (Å²) in [6.45, 7) is 2.24.